The van der Waals surface area contributed by atoms with E-state index in [1.54, 1.807) is 11.0 Å². The predicted molar refractivity (Wildman–Crippen MR) is 65.8 cm³/mol. The van der Waals surface area contributed by atoms with Crippen LogP contribution in [0.15, 0.2) is 12.4 Å². The van der Waals surface area contributed by atoms with Gasteiger partial charge in [0.2, 0.25) is 5.88 Å². The number of rotatable bonds is 4. The predicted octanol–water partition coefficient (Wildman–Crippen LogP) is 1.32. The van der Waals surface area contributed by atoms with E-state index >= 15 is 0 Å². The Morgan fingerprint density at radius 1 is 1.56 bits per heavy atom. The zero-order chi connectivity index (χ0) is 13.1. The number of carbonyl (C=O) groups is 1. The Balaban J connectivity index is 2.19. The molecule has 0 saturated carbocycles. The van der Waals surface area contributed by atoms with Crippen LogP contribution in [-0.4, -0.2) is 39.7 Å². The first-order valence-corrected chi connectivity index (χ1v) is 6.06. The summed E-state index contributed by atoms with van der Waals surface area (Å²) in [6.45, 7) is 4.53. The zero-order valence-electron chi connectivity index (χ0n) is 10.5. The summed E-state index contributed by atoms with van der Waals surface area (Å²) in [5.41, 5.74) is 0. The molecule has 0 amide bonds. The van der Waals surface area contributed by atoms with Gasteiger partial charge in [0.1, 0.15) is 18.2 Å². The minimum atomic E-state index is -0.808. The Morgan fingerprint density at radius 2 is 2.33 bits per heavy atom. The second-order valence-electron chi connectivity index (χ2n) is 4.57. The summed E-state index contributed by atoms with van der Waals surface area (Å²) < 4.78 is 5.48. The van der Waals surface area contributed by atoms with E-state index in [-0.39, 0.29) is 6.10 Å². The van der Waals surface area contributed by atoms with Gasteiger partial charge in [-0.3, -0.25) is 0 Å². The summed E-state index contributed by atoms with van der Waals surface area (Å²) in [6, 6.07) is 1.20. The molecule has 2 rings (SSSR count). The third-order valence-corrected chi connectivity index (χ3v) is 2.82. The fraction of sp³-hybridized carbons (Fsp3) is 0.583. The maximum atomic E-state index is 11.1. The number of ether oxygens (including phenoxy) is 1. The van der Waals surface area contributed by atoms with E-state index in [9.17, 15) is 4.79 Å². The van der Waals surface area contributed by atoms with Crippen LogP contribution in [0.5, 0.6) is 5.88 Å². The van der Waals surface area contributed by atoms with E-state index in [1.165, 1.54) is 6.33 Å². The number of aromatic nitrogens is 2. The molecule has 1 aliphatic rings. The third kappa shape index (κ3) is 2.69. The number of hydrogen-bond acceptors (Lipinski definition) is 5. The summed E-state index contributed by atoms with van der Waals surface area (Å²) in [5.74, 6) is 0.286. The number of carboxylic acids is 1. The average Bonchev–Trinajstić information content (AvgIpc) is 2.77. The molecule has 1 saturated heterocycles. The summed E-state index contributed by atoms with van der Waals surface area (Å²) in [7, 11) is 0. The van der Waals surface area contributed by atoms with Gasteiger partial charge in [-0.2, -0.15) is 0 Å². The quantitative estimate of drug-likeness (QED) is 0.869. The fourth-order valence-electron chi connectivity index (χ4n) is 2.09. The molecule has 6 nitrogen and oxygen atoms in total. The molecule has 1 N–H and O–H groups in total. The first-order chi connectivity index (χ1) is 8.58. The maximum Gasteiger partial charge on any atom is 0.326 e. The highest BCUT2D eigenvalue weighted by atomic mass is 16.5. The van der Waals surface area contributed by atoms with Crippen molar-refractivity contribution in [1.29, 1.82) is 0 Å². The van der Waals surface area contributed by atoms with Crippen LogP contribution in [0.2, 0.25) is 0 Å². The Labute approximate surface area is 106 Å². The molecular weight excluding hydrogens is 234 g/mol. The van der Waals surface area contributed by atoms with Crippen molar-refractivity contribution in [3.63, 3.8) is 0 Å². The smallest absolute Gasteiger partial charge is 0.326 e. The molecule has 0 bridgehead atoms. The van der Waals surface area contributed by atoms with Crippen LogP contribution in [0.3, 0.4) is 0 Å². The molecule has 98 valence electrons. The zero-order valence-corrected chi connectivity index (χ0v) is 10.5. The summed E-state index contributed by atoms with van der Waals surface area (Å²) in [4.78, 5) is 21.1. The van der Waals surface area contributed by atoms with Crippen molar-refractivity contribution in [1.82, 2.24) is 9.97 Å². The van der Waals surface area contributed by atoms with Crippen LogP contribution in [0.1, 0.15) is 26.7 Å². The molecule has 0 unspecified atom stereocenters. The van der Waals surface area contributed by atoms with Gasteiger partial charge in [0.15, 0.2) is 0 Å². The van der Waals surface area contributed by atoms with Crippen LogP contribution < -0.4 is 9.64 Å². The molecule has 1 aromatic rings. The second-order valence-corrected chi connectivity index (χ2v) is 4.57. The Kier molecular flexibility index (Phi) is 3.64. The molecule has 0 aliphatic carbocycles. The van der Waals surface area contributed by atoms with Gasteiger partial charge in [0, 0.05) is 12.6 Å². The van der Waals surface area contributed by atoms with Crippen LogP contribution in [0.25, 0.3) is 0 Å². The molecule has 1 aliphatic heterocycles. The molecule has 1 fully saturated rings. The van der Waals surface area contributed by atoms with Crippen molar-refractivity contribution < 1.29 is 14.6 Å². The first-order valence-electron chi connectivity index (χ1n) is 6.06. The Morgan fingerprint density at radius 3 is 3.00 bits per heavy atom. The van der Waals surface area contributed by atoms with Gasteiger partial charge >= 0.3 is 5.97 Å². The highest BCUT2D eigenvalue weighted by Gasteiger charge is 2.31. The van der Waals surface area contributed by atoms with Crippen molar-refractivity contribution in [2.45, 2.75) is 38.8 Å². The van der Waals surface area contributed by atoms with Gasteiger partial charge in [0.05, 0.1) is 6.10 Å². The van der Waals surface area contributed by atoms with E-state index in [2.05, 4.69) is 9.97 Å². The van der Waals surface area contributed by atoms with Crippen molar-refractivity contribution in [2.24, 2.45) is 0 Å². The summed E-state index contributed by atoms with van der Waals surface area (Å²) >= 11 is 0. The molecule has 0 radical (unpaired) electrons. The summed E-state index contributed by atoms with van der Waals surface area (Å²) in [6.07, 6.45) is 2.95. The molecule has 1 atom stereocenters. The van der Waals surface area contributed by atoms with Crippen LogP contribution in [0.4, 0.5) is 5.82 Å². The Bertz CT molecular complexity index is 436. The van der Waals surface area contributed by atoms with Crippen molar-refractivity contribution in [2.75, 3.05) is 11.4 Å². The third-order valence-electron chi connectivity index (χ3n) is 2.82. The fourth-order valence-corrected chi connectivity index (χ4v) is 2.09. The van der Waals surface area contributed by atoms with Crippen molar-refractivity contribution >= 4 is 11.8 Å². The van der Waals surface area contributed by atoms with Crippen LogP contribution >= 0.6 is 0 Å². The number of anilines is 1. The standard InChI is InChI=1S/C12H17N3O3/c1-8(2)18-11-6-10(13-7-14-11)15-5-3-4-9(15)12(16)17/h6-9H,3-5H2,1-2H3,(H,16,17)/t9-/m1/s1. The van der Waals surface area contributed by atoms with Crippen LogP contribution in [-0.2, 0) is 4.79 Å². The van der Waals surface area contributed by atoms with Gasteiger partial charge in [-0.15, -0.1) is 0 Å². The molecule has 2 heterocycles. The molecule has 6 heteroatoms. The maximum absolute atomic E-state index is 11.1. The number of hydrogen-bond donors (Lipinski definition) is 1. The number of aliphatic carboxylic acids is 1. The lowest BCUT2D eigenvalue weighted by Gasteiger charge is -2.22. The highest BCUT2D eigenvalue weighted by Crippen LogP contribution is 2.25. The van der Waals surface area contributed by atoms with Gasteiger partial charge in [-0.25, -0.2) is 14.8 Å². The van der Waals surface area contributed by atoms with Crippen molar-refractivity contribution in [3.05, 3.63) is 12.4 Å². The van der Waals surface area contributed by atoms with Gasteiger partial charge in [-0.05, 0) is 26.7 Å². The van der Waals surface area contributed by atoms with E-state index in [4.69, 9.17) is 9.84 Å². The molecule has 18 heavy (non-hydrogen) atoms. The lowest BCUT2D eigenvalue weighted by molar-refractivity contribution is -0.138. The summed E-state index contributed by atoms with van der Waals surface area (Å²) in [5, 5.41) is 9.14. The normalized spacial score (nSPS) is 19.3. The van der Waals surface area contributed by atoms with Crippen LogP contribution in [0, 0.1) is 0 Å². The first kappa shape index (κ1) is 12.6. The lowest BCUT2D eigenvalue weighted by atomic mass is 10.2. The molecule has 1 aromatic heterocycles. The number of carboxylic acid groups (broad SMARTS) is 1. The van der Waals surface area contributed by atoms with Crippen molar-refractivity contribution in [3.8, 4) is 5.88 Å². The largest absolute Gasteiger partial charge is 0.480 e. The molecule has 0 spiro atoms. The van der Waals surface area contributed by atoms with Gasteiger partial charge in [0.25, 0.3) is 0 Å². The van der Waals surface area contributed by atoms with Gasteiger partial charge in [-0.1, -0.05) is 0 Å². The van der Waals surface area contributed by atoms with E-state index in [1.807, 2.05) is 13.8 Å². The minimum absolute atomic E-state index is 0.0293. The highest BCUT2D eigenvalue weighted by molar-refractivity contribution is 5.78. The second kappa shape index (κ2) is 5.20. The Hall–Kier alpha value is -1.85. The molecule has 0 aromatic carbocycles. The average molecular weight is 251 g/mol. The van der Waals surface area contributed by atoms with E-state index in [0.717, 1.165) is 6.42 Å². The number of nitrogens with zero attached hydrogens (tertiary/aromatic N) is 3. The minimum Gasteiger partial charge on any atom is -0.480 e. The topological polar surface area (TPSA) is 75.5 Å². The SMILES string of the molecule is CC(C)Oc1cc(N2CCC[C@@H]2C(=O)O)ncn1. The van der Waals surface area contributed by atoms with E-state index < -0.39 is 12.0 Å². The lowest BCUT2D eigenvalue weighted by Crippen LogP contribution is -2.36. The van der Waals surface area contributed by atoms with Gasteiger partial charge < -0.3 is 14.7 Å². The monoisotopic (exact) mass is 251 g/mol. The molecular formula is C12H17N3O3. The van der Waals surface area contributed by atoms with E-state index in [0.29, 0.717) is 24.7 Å².